The highest BCUT2D eigenvalue weighted by Crippen LogP contribution is 2.16. The molecule has 0 spiro atoms. The maximum absolute atomic E-state index is 13.4. The quantitative estimate of drug-likeness (QED) is 0.643. The maximum atomic E-state index is 13.4. The second-order valence-electron chi connectivity index (χ2n) is 7.95. The number of carbonyl (C=O) groups excluding carboxylic acids is 1. The monoisotopic (exact) mass is 438 g/mol. The Morgan fingerprint density at radius 2 is 1.75 bits per heavy atom. The van der Waals surface area contributed by atoms with Crippen LogP contribution < -0.4 is 10.9 Å². The van der Waals surface area contributed by atoms with Gasteiger partial charge in [0.05, 0.1) is 5.69 Å². The molecule has 0 unspecified atom stereocenters. The molecular weight excluding hydrogens is 414 g/mol. The van der Waals surface area contributed by atoms with E-state index in [-0.39, 0.29) is 24.1 Å². The third kappa shape index (κ3) is 5.45. The van der Waals surface area contributed by atoms with E-state index in [1.165, 1.54) is 16.8 Å². The third-order valence-corrected chi connectivity index (χ3v) is 5.57. The van der Waals surface area contributed by atoms with Gasteiger partial charge in [-0.05, 0) is 36.6 Å². The zero-order valence-corrected chi connectivity index (χ0v) is 17.5. The fraction of sp³-hybridized carbons (Fsp3) is 0.292. The first-order chi connectivity index (χ1) is 15.5. The predicted molar refractivity (Wildman–Crippen MR) is 117 cm³/mol. The number of nitrogens with one attached hydrogen (secondary N) is 1. The van der Waals surface area contributed by atoms with Crippen LogP contribution in [-0.2, 0) is 17.9 Å². The van der Waals surface area contributed by atoms with Crippen molar-refractivity contribution in [3.8, 4) is 11.3 Å². The van der Waals surface area contributed by atoms with Crippen LogP contribution in [0, 0.1) is 11.6 Å². The average molecular weight is 438 g/mol. The molecule has 1 aromatic heterocycles. The van der Waals surface area contributed by atoms with Gasteiger partial charge in [0.2, 0.25) is 5.91 Å². The lowest BCUT2D eigenvalue weighted by Crippen LogP contribution is -2.46. The molecule has 166 valence electrons. The molecule has 32 heavy (non-hydrogen) atoms. The lowest BCUT2D eigenvalue weighted by atomic mass is 10.0. The molecule has 8 heteroatoms. The minimum Gasteiger partial charge on any atom is -0.352 e. The molecule has 1 aliphatic rings. The van der Waals surface area contributed by atoms with Crippen LogP contribution >= 0.6 is 0 Å². The summed E-state index contributed by atoms with van der Waals surface area (Å²) in [5.41, 5.74) is 1.88. The second kappa shape index (κ2) is 9.82. The van der Waals surface area contributed by atoms with Crippen molar-refractivity contribution in [2.75, 3.05) is 13.1 Å². The molecule has 1 aliphatic heterocycles. The van der Waals surface area contributed by atoms with Crippen molar-refractivity contribution in [2.45, 2.75) is 32.0 Å². The van der Waals surface area contributed by atoms with E-state index < -0.39 is 11.6 Å². The van der Waals surface area contributed by atoms with Crippen LogP contribution in [0.1, 0.15) is 18.4 Å². The molecule has 3 aromatic rings. The largest absolute Gasteiger partial charge is 0.352 e. The highest BCUT2D eigenvalue weighted by molar-refractivity contribution is 5.76. The van der Waals surface area contributed by atoms with Gasteiger partial charge in [-0.15, -0.1) is 0 Å². The standard InChI is InChI=1S/C24H24F2N4O2/c25-20-7-6-17(14-21(20)26)15-29-12-10-19(11-13-29)27-23(31)16-30-24(32)9-8-22(28-30)18-4-2-1-3-5-18/h1-9,14,19H,10-13,15-16H2,(H,27,31). The molecular formula is C24H24F2N4O2. The summed E-state index contributed by atoms with van der Waals surface area (Å²) < 4.78 is 27.7. The van der Waals surface area contributed by atoms with Crippen molar-refractivity contribution in [1.82, 2.24) is 20.0 Å². The topological polar surface area (TPSA) is 67.2 Å². The van der Waals surface area contributed by atoms with E-state index in [1.807, 2.05) is 30.3 Å². The SMILES string of the molecule is O=C(Cn1nc(-c2ccccc2)ccc1=O)NC1CCN(Cc2ccc(F)c(F)c2)CC1. The lowest BCUT2D eigenvalue weighted by Gasteiger charge is -2.32. The fourth-order valence-corrected chi connectivity index (χ4v) is 3.87. The summed E-state index contributed by atoms with van der Waals surface area (Å²) in [7, 11) is 0. The highest BCUT2D eigenvalue weighted by Gasteiger charge is 2.21. The van der Waals surface area contributed by atoms with Crippen LogP contribution in [0.3, 0.4) is 0 Å². The Morgan fingerprint density at radius 1 is 1.00 bits per heavy atom. The van der Waals surface area contributed by atoms with Crippen LogP contribution in [0.25, 0.3) is 11.3 Å². The van der Waals surface area contributed by atoms with Crippen LogP contribution in [0.4, 0.5) is 8.78 Å². The van der Waals surface area contributed by atoms with Gasteiger partial charge < -0.3 is 5.32 Å². The number of nitrogens with zero attached hydrogens (tertiary/aromatic N) is 3. The Kier molecular flexibility index (Phi) is 6.70. The molecule has 2 aromatic carbocycles. The predicted octanol–water partition coefficient (Wildman–Crippen LogP) is 2.97. The van der Waals surface area contributed by atoms with Gasteiger partial charge in [0, 0.05) is 37.3 Å². The van der Waals surface area contributed by atoms with Crippen LogP contribution in [0.5, 0.6) is 0 Å². The van der Waals surface area contributed by atoms with Crippen LogP contribution in [0.15, 0.2) is 65.5 Å². The third-order valence-electron chi connectivity index (χ3n) is 5.57. The minimum atomic E-state index is -0.849. The summed E-state index contributed by atoms with van der Waals surface area (Å²) in [5, 5.41) is 7.31. The van der Waals surface area contributed by atoms with E-state index in [0.29, 0.717) is 12.2 Å². The Hall–Kier alpha value is -3.39. The zero-order chi connectivity index (χ0) is 22.5. The van der Waals surface area contributed by atoms with Crippen molar-refractivity contribution in [2.24, 2.45) is 0 Å². The maximum Gasteiger partial charge on any atom is 0.267 e. The number of aromatic nitrogens is 2. The van der Waals surface area contributed by atoms with Gasteiger partial charge in [-0.3, -0.25) is 14.5 Å². The second-order valence-corrected chi connectivity index (χ2v) is 7.95. The number of piperidine rings is 1. The Morgan fingerprint density at radius 3 is 2.47 bits per heavy atom. The summed E-state index contributed by atoms with van der Waals surface area (Å²) in [5.74, 6) is -1.95. The van der Waals surface area contributed by atoms with Gasteiger partial charge in [0.15, 0.2) is 11.6 Å². The van der Waals surface area contributed by atoms with Crippen molar-refractivity contribution in [1.29, 1.82) is 0 Å². The summed E-state index contributed by atoms with van der Waals surface area (Å²) >= 11 is 0. The molecule has 6 nitrogen and oxygen atoms in total. The number of carbonyl (C=O) groups is 1. The Bertz CT molecular complexity index is 1140. The number of hydrogen-bond acceptors (Lipinski definition) is 4. The average Bonchev–Trinajstić information content (AvgIpc) is 2.80. The molecule has 2 heterocycles. The molecule has 0 bridgehead atoms. The van der Waals surface area contributed by atoms with Gasteiger partial charge in [-0.2, -0.15) is 5.10 Å². The molecule has 1 N–H and O–H groups in total. The summed E-state index contributed by atoms with van der Waals surface area (Å²) in [4.78, 5) is 26.8. The van der Waals surface area contributed by atoms with Crippen molar-refractivity contribution >= 4 is 5.91 Å². The van der Waals surface area contributed by atoms with Crippen molar-refractivity contribution < 1.29 is 13.6 Å². The van der Waals surface area contributed by atoms with E-state index in [9.17, 15) is 18.4 Å². The number of hydrogen-bond donors (Lipinski definition) is 1. The van der Waals surface area contributed by atoms with Gasteiger partial charge in [0.25, 0.3) is 5.56 Å². The van der Waals surface area contributed by atoms with Gasteiger partial charge in [-0.25, -0.2) is 13.5 Å². The van der Waals surface area contributed by atoms with E-state index in [2.05, 4.69) is 15.3 Å². The fourth-order valence-electron chi connectivity index (χ4n) is 3.87. The van der Waals surface area contributed by atoms with E-state index in [4.69, 9.17) is 0 Å². The molecule has 0 radical (unpaired) electrons. The van der Waals surface area contributed by atoms with Crippen LogP contribution in [0.2, 0.25) is 0 Å². The van der Waals surface area contributed by atoms with Gasteiger partial charge in [0.1, 0.15) is 6.54 Å². The Labute approximate surface area is 184 Å². The van der Waals surface area contributed by atoms with E-state index in [1.54, 1.807) is 12.1 Å². The minimum absolute atomic E-state index is 0.00304. The first-order valence-corrected chi connectivity index (χ1v) is 10.6. The Balaban J connectivity index is 1.30. The van der Waals surface area contributed by atoms with Crippen molar-refractivity contribution in [3.63, 3.8) is 0 Å². The van der Waals surface area contributed by atoms with Crippen LogP contribution in [-0.4, -0.2) is 39.7 Å². The van der Waals surface area contributed by atoms with E-state index in [0.717, 1.165) is 43.1 Å². The molecule has 0 aliphatic carbocycles. The first-order valence-electron chi connectivity index (χ1n) is 10.6. The molecule has 1 amide bonds. The normalized spacial score (nSPS) is 14.9. The molecule has 4 rings (SSSR count). The number of rotatable bonds is 6. The summed E-state index contributed by atoms with van der Waals surface area (Å²) in [6.07, 6.45) is 1.48. The van der Waals surface area contributed by atoms with Gasteiger partial charge in [-0.1, -0.05) is 36.4 Å². The number of halogens is 2. The molecule has 0 saturated carbocycles. The molecule has 1 saturated heterocycles. The number of amides is 1. The number of likely N-dealkylation sites (tertiary alicyclic amines) is 1. The smallest absolute Gasteiger partial charge is 0.267 e. The highest BCUT2D eigenvalue weighted by atomic mass is 19.2. The summed E-state index contributed by atoms with van der Waals surface area (Å²) in [6.45, 7) is 1.84. The molecule has 1 fully saturated rings. The molecule has 0 atom stereocenters. The summed E-state index contributed by atoms with van der Waals surface area (Å²) in [6, 6.07) is 16.5. The zero-order valence-electron chi connectivity index (χ0n) is 17.5. The van der Waals surface area contributed by atoms with E-state index >= 15 is 0 Å². The first kappa shape index (κ1) is 21.8. The number of benzene rings is 2. The van der Waals surface area contributed by atoms with Gasteiger partial charge >= 0.3 is 0 Å². The lowest BCUT2D eigenvalue weighted by molar-refractivity contribution is -0.122. The van der Waals surface area contributed by atoms with Crippen molar-refractivity contribution in [3.05, 3.63) is 88.2 Å².